The number of aromatic nitrogens is 2. The Labute approximate surface area is 157 Å². The van der Waals surface area contributed by atoms with Gasteiger partial charge in [0.2, 0.25) is 0 Å². The van der Waals surface area contributed by atoms with E-state index in [9.17, 15) is 13.2 Å². The van der Waals surface area contributed by atoms with Crippen LogP contribution in [0.2, 0.25) is 0 Å². The summed E-state index contributed by atoms with van der Waals surface area (Å²) in [6.45, 7) is 1.79. The van der Waals surface area contributed by atoms with Gasteiger partial charge in [0.15, 0.2) is 0 Å². The highest BCUT2D eigenvalue weighted by Gasteiger charge is 2.14. The molecule has 0 saturated heterocycles. The fraction of sp³-hybridized carbons (Fsp3) is 0.158. The number of nitrogens with one attached hydrogen (secondary N) is 2. The van der Waals surface area contributed by atoms with Gasteiger partial charge >= 0.3 is 0 Å². The number of sulfonamides is 1. The van der Waals surface area contributed by atoms with E-state index in [1.165, 1.54) is 19.2 Å². The third-order valence-electron chi connectivity index (χ3n) is 3.96. The number of rotatable bonds is 6. The first-order valence-corrected chi connectivity index (χ1v) is 9.67. The van der Waals surface area contributed by atoms with E-state index in [0.29, 0.717) is 29.1 Å². The molecule has 0 aliphatic heterocycles. The summed E-state index contributed by atoms with van der Waals surface area (Å²) < 4.78 is 32.7. The molecule has 140 valence electrons. The molecule has 0 spiro atoms. The lowest BCUT2D eigenvalue weighted by Gasteiger charge is -2.10. The number of nitrogens with zero attached hydrogens (tertiary/aromatic N) is 1. The number of aryl methyl sites for hydroxylation is 1. The molecule has 1 aromatic heterocycles. The van der Waals surface area contributed by atoms with Gasteiger partial charge in [-0.25, -0.2) is 13.5 Å². The maximum absolute atomic E-state index is 12.6. The summed E-state index contributed by atoms with van der Waals surface area (Å²) in [4.78, 5) is 12.0. The highest BCUT2D eigenvalue weighted by Crippen LogP contribution is 2.21. The van der Waals surface area contributed by atoms with E-state index in [0.717, 1.165) is 5.56 Å². The van der Waals surface area contributed by atoms with Gasteiger partial charge in [0, 0.05) is 18.1 Å². The van der Waals surface area contributed by atoms with E-state index >= 15 is 0 Å². The Balaban J connectivity index is 1.79. The summed E-state index contributed by atoms with van der Waals surface area (Å²) in [5.74, 6) is 0.559. The molecule has 0 fully saturated rings. The van der Waals surface area contributed by atoms with E-state index in [1.807, 2.05) is 0 Å². The molecule has 0 amide bonds. The summed E-state index contributed by atoms with van der Waals surface area (Å²) in [5.41, 5.74) is 2.28. The standard InChI is InChI=1S/C19H19N3O4S/c1-13-10-15(19(23)21-20-13)11-14-6-8-18(9-7-14)27(24,25)22-16-4-3-5-17(12-16)26-2/h3-10,12,22H,11H2,1-2H3,(H,21,23). The molecule has 8 heteroatoms. The second kappa shape index (κ2) is 7.63. The first kappa shape index (κ1) is 18.7. The minimum Gasteiger partial charge on any atom is -0.497 e. The van der Waals surface area contributed by atoms with Gasteiger partial charge in [-0.1, -0.05) is 18.2 Å². The average Bonchev–Trinajstić information content (AvgIpc) is 2.65. The van der Waals surface area contributed by atoms with Crippen LogP contribution in [0.4, 0.5) is 5.69 Å². The van der Waals surface area contributed by atoms with E-state index in [2.05, 4.69) is 14.9 Å². The van der Waals surface area contributed by atoms with Gasteiger partial charge in [-0.15, -0.1) is 0 Å². The first-order chi connectivity index (χ1) is 12.9. The van der Waals surface area contributed by atoms with Gasteiger partial charge in [-0.3, -0.25) is 9.52 Å². The van der Waals surface area contributed by atoms with Gasteiger partial charge in [-0.2, -0.15) is 5.10 Å². The van der Waals surface area contributed by atoms with Crippen molar-refractivity contribution in [2.45, 2.75) is 18.2 Å². The van der Waals surface area contributed by atoms with E-state index < -0.39 is 10.0 Å². The second-order valence-electron chi connectivity index (χ2n) is 6.02. The van der Waals surface area contributed by atoms with Crippen LogP contribution in [0.15, 0.2) is 64.3 Å². The third-order valence-corrected chi connectivity index (χ3v) is 5.36. The van der Waals surface area contributed by atoms with E-state index in [-0.39, 0.29) is 10.5 Å². The number of aromatic amines is 1. The number of anilines is 1. The van der Waals surface area contributed by atoms with Crippen molar-refractivity contribution in [1.29, 1.82) is 0 Å². The van der Waals surface area contributed by atoms with Gasteiger partial charge in [-0.05, 0) is 42.8 Å². The highest BCUT2D eigenvalue weighted by atomic mass is 32.2. The summed E-state index contributed by atoms with van der Waals surface area (Å²) in [6, 6.07) is 14.8. The Morgan fingerprint density at radius 3 is 2.56 bits per heavy atom. The van der Waals surface area contributed by atoms with Crippen LogP contribution in [0.1, 0.15) is 16.8 Å². The van der Waals surface area contributed by atoms with Gasteiger partial charge < -0.3 is 4.74 Å². The molecule has 2 N–H and O–H groups in total. The van der Waals surface area contributed by atoms with Crippen molar-refractivity contribution < 1.29 is 13.2 Å². The molecule has 0 unspecified atom stereocenters. The largest absolute Gasteiger partial charge is 0.497 e. The lowest BCUT2D eigenvalue weighted by Crippen LogP contribution is -2.15. The van der Waals surface area contributed by atoms with Crippen LogP contribution in [-0.4, -0.2) is 25.7 Å². The molecule has 0 aliphatic carbocycles. The smallest absolute Gasteiger partial charge is 0.267 e. The van der Waals surface area contributed by atoms with Crippen molar-refractivity contribution in [1.82, 2.24) is 10.2 Å². The summed E-state index contributed by atoms with van der Waals surface area (Å²) >= 11 is 0. The molecule has 2 aromatic carbocycles. The second-order valence-corrected chi connectivity index (χ2v) is 7.70. The van der Waals surface area contributed by atoms with Gasteiger partial charge in [0.25, 0.3) is 15.6 Å². The number of hydrogen-bond acceptors (Lipinski definition) is 5. The monoisotopic (exact) mass is 385 g/mol. The van der Waals surface area contributed by atoms with Crippen molar-refractivity contribution >= 4 is 15.7 Å². The van der Waals surface area contributed by atoms with Crippen molar-refractivity contribution in [3.8, 4) is 5.75 Å². The summed E-state index contributed by atoms with van der Waals surface area (Å²) in [7, 11) is -2.21. The number of hydrogen-bond donors (Lipinski definition) is 2. The number of methoxy groups -OCH3 is 1. The van der Waals surface area contributed by atoms with Crippen molar-refractivity contribution in [3.63, 3.8) is 0 Å². The molecule has 1 heterocycles. The van der Waals surface area contributed by atoms with Gasteiger partial charge in [0.1, 0.15) is 5.75 Å². The summed E-state index contributed by atoms with van der Waals surface area (Å²) in [5, 5.41) is 6.28. The van der Waals surface area contributed by atoms with Gasteiger partial charge in [0.05, 0.1) is 23.4 Å². The van der Waals surface area contributed by atoms with E-state index in [4.69, 9.17) is 4.74 Å². The average molecular weight is 385 g/mol. The molecule has 27 heavy (non-hydrogen) atoms. The zero-order valence-electron chi connectivity index (χ0n) is 14.9. The minimum atomic E-state index is -3.73. The van der Waals surface area contributed by atoms with Crippen molar-refractivity contribution in [2.75, 3.05) is 11.8 Å². The molecule has 7 nitrogen and oxygen atoms in total. The fourth-order valence-corrected chi connectivity index (χ4v) is 3.65. The predicted octanol–water partition coefficient (Wildman–Crippen LogP) is 2.48. The molecule has 0 aliphatic rings. The Morgan fingerprint density at radius 2 is 1.85 bits per heavy atom. The Bertz CT molecular complexity index is 1110. The molecule has 0 radical (unpaired) electrons. The quantitative estimate of drug-likeness (QED) is 0.679. The normalized spacial score (nSPS) is 11.2. The number of H-pyrrole nitrogens is 1. The SMILES string of the molecule is COc1cccc(NS(=O)(=O)c2ccc(Cc3cc(C)n[nH]c3=O)cc2)c1. The highest BCUT2D eigenvalue weighted by molar-refractivity contribution is 7.92. The predicted molar refractivity (Wildman–Crippen MR) is 103 cm³/mol. The lowest BCUT2D eigenvalue weighted by atomic mass is 10.1. The maximum atomic E-state index is 12.6. The zero-order chi connectivity index (χ0) is 19.4. The van der Waals surface area contributed by atoms with Crippen LogP contribution >= 0.6 is 0 Å². The third kappa shape index (κ3) is 4.53. The Morgan fingerprint density at radius 1 is 1.11 bits per heavy atom. The zero-order valence-corrected chi connectivity index (χ0v) is 15.7. The molecule has 3 rings (SSSR count). The van der Waals surface area contributed by atoms with Crippen LogP contribution in [0.5, 0.6) is 5.75 Å². The van der Waals surface area contributed by atoms with Crippen LogP contribution in [0.25, 0.3) is 0 Å². The maximum Gasteiger partial charge on any atom is 0.267 e. The van der Waals surface area contributed by atoms with Crippen LogP contribution < -0.4 is 15.0 Å². The lowest BCUT2D eigenvalue weighted by molar-refractivity contribution is 0.415. The van der Waals surface area contributed by atoms with Crippen molar-refractivity contribution in [3.05, 3.63) is 81.8 Å². The first-order valence-electron chi connectivity index (χ1n) is 8.18. The minimum absolute atomic E-state index is 0.133. The summed E-state index contributed by atoms with van der Waals surface area (Å²) in [6.07, 6.45) is 0.391. The van der Waals surface area contributed by atoms with Crippen LogP contribution in [0.3, 0.4) is 0 Å². The Kier molecular flexibility index (Phi) is 5.27. The topological polar surface area (TPSA) is 101 Å². The van der Waals surface area contributed by atoms with Crippen molar-refractivity contribution in [2.24, 2.45) is 0 Å². The number of benzene rings is 2. The Hall–Kier alpha value is -3.13. The van der Waals surface area contributed by atoms with Crippen LogP contribution in [0, 0.1) is 6.92 Å². The molecule has 0 saturated carbocycles. The van der Waals surface area contributed by atoms with Crippen LogP contribution in [-0.2, 0) is 16.4 Å². The van der Waals surface area contributed by atoms with E-state index in [1.54, 1.807) is 49.4 Å². The fourth-order valence-electron chi connectivity index (χ4n) is 2.60. The molecular weight excluding hydrogens is 366 g/mol. The molecule has 3 aromatic rings. The molecule has 0 atom stereocenters. The molecular formula is C19H19N3O4S. The number of ether oxygens (including phenoxy) is 1. The molecule has 0 bridgehead atoms.